The zero-order chi connectivity index (χ0) is 9.84. The lowest BCUT2D eigenvalue weighted by molar-refractivity contribution is 0.124. The fourth-order valence-corrected chi connectivity index (χ4v) is 1.33. The van der Waals surface area contributed by atoms with Crippen molar-refractivity contribution >= 4 is 11.6 Å². The zero-order valence-electron chi connectivity index (χ0n) is 7.63. The monoisotopic (exact) mass is 201 g/mol. The average molecular weight is 202 g/mol. The fraction of sp³-hybridized carbons (Fsp3) is 0.333. The number of ether oxygens (including phenoxy) is 1. The van der Waals surface area contributed by atoms with Gasteiger partial charge >= 0.3 is 0 Å². The molecule has 0 saturated carbocycles. The van der Waals surface area contributed by atoms with E-state index < -0.39 is 0 Å². The molecule has 0 bridgehead atoms. The summed E-state index contributed by atoms with van der Waals surface area (Å²) in [5, 5.41) is 0.659. The van der Waals surface area contributed by atoms with Crippen molar-refractivity contribution in [2.45, 2.75) is 13.5 Å². The summed E-state index contributed by atoms with van der Waals surface area (Å²) in [7, 11) is 1.60. The summed E-state index contributed by atoms with van der Waals surface area (Å²) in [5.74, 6) is 5.71. The van der Waals surface area contributed by atoms with Gasteiger partial charge in [0.05, 0.1) is 13.7 Å². The van der Waals surface area contributed by atoms with Gasteiger partial charge in [-0.3, -0.25) is 4.84 Å². The standard InChI is InChI=1S/C9H12ClNO2/c1-6-8(10)3-7(5-13-11)4-9(6)12-2/h3-4H,5,11H2,1-2H3. The maximum atomic E-state index is 5.96. The Kier molecular flexibility index (Phi) is 3.54. The van der Waals surface area contributed by atoms with Crippen LogP contribution in [0.1, 0.15) is 11.1 Å². The van der Waals surface area contributed by atoms with Crippen LogP contribution in [0.25, 0.3) is 0 Å². The van der Waals surface area contributed by atoms with Gasteiger partial charge in [0.15, 0.2) is 0 Å². The van der Waals surface area contributed by atoms with Crippen molar-refractivity contribution < 1.29 is 9.57 Å². The van der Waals surface area contributed by atoms with Crippen molar-refractivity contribution in [1.82, 2.24) is 0 Å². The molecule has 72 valence electrons. The molecule has 1 rings (SSSR count). The molecule has 0 aromatic heterocycles. The summed E-state index contributed by atoms with van der Waals surface area (Å²) >= 11 is 5.96. The Hall–Kier alpha value is -0.770. The first-order valence-corrected chi connectivity index (χ1v) is 4.21. The van der Waals surface area contributed by atoms with E-state index >= 15 is 0 Å². The Morgan fingerprint density at radius 1 is 1.46 bits per heavy atom. The van der Waals surface area contributed by atoms with Crippen molar-refractivity contribution in [1.29, 1.82) is 0 Å². The molecule has 1 aromatic carbocycles. The third-order valence-electron chi connectivity index (χ3n) is 1.83. The molecule has 0 saturated heterocycles. The lowest BCUT2D eigenvalue weighted by Gasteiger charge is -2.08. The van der Waals surface area contributed by atoms with Gasteiger partial charge in [-0.05, 0) is 24.6 Å². The first-order chi connectivity index (χ1) is 6.19. The topological polar surface area (TPSA) is 44.5 Å². The van der Waals surface area contributed by atoms with Crippen LogP contribution < -0.4 is 10.6 Å². The highest BCUT2D eigenvalue weighted by Gasteiger charge is 2.05. The van der Waals surface area contributed by atoms with Crippen LogP contribution in [0.3, 0.4) is 0 Å². The van der Waals surface area contributed by atoms with Crippen LogP contribution in [-0.2, 0) is 11.4 Å². The van der Waals surface area contributed by atoms with E-state index in [1.54, 1.807) is 7.11 Å². The lowest BCUT2D eigenvalue weighted by atomic mass is 10.1. The number of hydrogen-bond donors (Lipinski definition) is 1. The number of methoxy groups -OCH3 is 1. The molecule has 0 unspecified atom stereocenters. The van der Waals surface area contributed by atoms with Gasteiger partial charge in [-0.25, -0.2) is 5.90 Å². The molecule has 0 radical (unpaired) electrons. The molecule has 0 aliphatic heterocycles. The smallest absolute Gasteiger partial charge is 0.123 e. The third-order valence-corrected chi connectivity index (χ3v) is 2.22. The van der Waals surface area contributed by atoms with E-state index in [1.807, 2.05) is 19.1 Å². The number of halogens is 1. The molecule has 2 N–H and O–H groups in total. The van der Waals surface area contributed by atoms with Crippen LogP contribution in [0.15, 0.2) is 12.1 Å². The summed E-state index contributed by atoms with van der Waals surface area (Å²) < 4.78 is 5.13. The van der Waals surface area contributed by atoms with Gasteiger partial charge in [-0.2, -0.15) is 0 Å². The minimum absolute atomic E-state index is 0.330. The van der Waals surface area contributed by atoms with Crippen molar-refractivity contribution in [3.05, 3.63) is 28.3 Å². The molecule has 0 fully saturated rings. The van der Waals surface area contributed by atoms with Gasteiger partial charge in [0.25, 0.3) is 0 Å². The van der Waals surface area contributed by atoms with E-state index in [0.29, 0.717) is 11.6 Å². The zero-order valence-corrected chi connectivity index (χ0v) is 8.39. The Labute approximate surface area is 82.4 Å². The molecule has 13 heavy (non-hydrogen) atoms. The number of benzene rings is 1. The van der Waals surface area contributed by atoms with Gasteiger partial charge in [0, 0.05) is 10.6 Å². The highest BCUT2D eigenvalue weighted by Crippen LogP contribution is 2.27. The highest BCUT2D eigenvalue weighted by atomic mass is 35.5. The van der Waals surface area contributed by atoms with E-state index in [-0.39, 0.29) is 0 Å². The maximum Gasteiger partial charge on any atom is 0.123 e. The molecular weight excluding hydrogens is 190 g/mol. The SMILES string of the molecule is COc1cc(CON)cc(Cl)c1C. The van der Waals surface area contributed by atoms with Gasteiger partial charge in [0.1, 0.15) is 5.75 Å². The molecule has 3 nitrogen and oxygen atoms in total. The summed E-state index contributed by atoms with van der Waals surface area (Å²) in [5.41, 5.74) is 1.82. The van der Waals surface area contributed by atoms with Gasteiger partial charge in [-0.1, -0.05) is 11.6 Å². The van der Waals surface area contributed by atoms with Crippen LogP contribution in [0, 0.1) is 6.92 Å². The number of rotatable bonds is 3. The van der Waals surface area contributed by atoms with E-state index in [4.69, 9.17) is 22.2 Å². The van der Waals surface area contributed by atoms with E-state index in [0.717, 1.165) is 16.9 Å². The second-order valence-electron chi connectivity index (χ2n) is 2.72. The van der Waals surface area contributed by atoms with Crippen LogP contribution in [-0.4, -0.2) is 7.11 Å². The number of hydrogen-bond acceptors (Lipinski definition) is 3. The molecule has 0 aliphatic carbocycles. The van der Waals surface area contributed by atoms with E-state index in [2.05, 4.69) is 4.84 Å². The second kappa shape index (κ2) is 4.46. The van der Waals surface area contributed by atoms with Crippen LogP contribution in [0.4, 0.5) is 0 Å². The van der Waals surface area contributed by atoms with Crippen molar-refractivity contribution in [3.8, 4) is 5.75 Å². The van der Waals surface area contributed by atoms with Crippen molar-refractivity contribution in [3.63, 3.8) is 0 Å². The van der Waals surface area contributed by atoms with Crippen LogP contribution >= 0.6 is 11.6 Å². The van der Waals surface area contributed by atoms with Crippen molar-refractivity contribution in [2.24, 2.45) is 5.90 Å². The largest absolute Gasteiger partial charge is 0.496 e. The molecular formula is C9H12ClNO2. The molecule has 0 aliphatic rings. The maximum absolute atomic E-state index is 5.96. The molecule has 0 amide bonds. The Balaban J connectivity index is 3.06. The molecule has 0 atom stereocenters. The quantitative estimate of drug-likeness (QED) is 0.762. The van der Waals surface area contributed by atoms with E-state index in [9.17, 15) is 0 Å². The highest BCUT2D eigenvalue weighted by molar-refractivity contribution is 6.31. The predicted molar refractivity (Wildman–Crippen MR) is 51.7 cm³/mol. The van der Waals surface area contributed by atoms with Crippen molar-refractivity contribution in [2.75, 3.05) is 7.11 Å². The average Bonchev–Trinajstić information content (AvgIpc) is 2.11. The second-order valence-corrected chi connectivity index (χ2v) is 3.12. The number of nitrogens with two attached hydrogens (primary N) is 1. The Bertz CT molecular complexity index is 302. The first-order valence-electron chi connectivity index (χ1n) is 3.83. The Morgan fingerprint density at radius 2 is 2.15 bits per heavy atom. The molecule has 0 heterocycles. The van der Waals surface area contributed by atoms with Gasteiger partial charge in [-0.15, -0.1) is 0 Å². The minimum atomic E-state index is 0.330. The fourth-order valence-electron chi connectivity index (χ4n) is 1.10. The third kappa shape index (κ3) is 2.34. The summed E-state index contributed by atoms with van der Waals surface area (Å²) in [4.78, 5) is 4.51. The Morgan fingerprint density at radius 3 is 2.69 bits per heavy atom. The van der Waals surface area contributed by atoms with E-state index in [1.165, 1.54) is 0 Å². The lowest BCUT2D eigenvalue weighted by Crippen LogP contribution is -2.00. The van der Waals surface area contributed by atoms with Gasteiger partial charge < -0.3 is 4.74 Å². The summed E-state index contributed by atoms with van der Waals surface area (Å²) in [6.07, 6.45) is 0. The minimum Gasteiger partial charge on any atom is -0.496 e. The molecule has 4 heteroatoms. The summed E-state index contributed by atoms with van der Waals surface area (Å²) in [6, 6.07) is 3.67. The van der Waals surface area contributed by atoms with Gasteiger partial charge in [0.2, 0.25) is 0 Å². The molecule has 1 aromatic rings. The normalized spacial score (nSPS) is 10.2. The summed E-state index contributed by atoms with van der Waals surface area (Å²) in [6.45, 7) is 2.23. The molecule has 0 spiro atoms. The van der Waals surface area contributed by atoms with Crippen LogP contribution in [0.2, 0.25) is 5.02 Å². The predicted octanol–water partition coefficient (Wildman–Crippen LogP) is 2.05. The van der Waals surface area contributed by atoms with Crippen LogP contribution in [0.5, 0.6) is 5.75 Å². The first kappa shape index (κ1) is 10.3.